The lowest BCUT2D eigenvalue weighted by Crippen LogP contribution is -2.33. The van der Waals surface area contributed by atoms with Gasteiger partial charge in [0.25, 0.3) is 0 Å². The summed E-state index contributed by atoms with van der Waals surface area (Å²) in [6, 6.07) is 18.3. The number of para-hydroxylation sites is 1. The first-order chi connectivity index (χ1) is 15.3. The molecule has 1 fully saturated rings. The molecule has 0 N–H and O–H groups in total. The predicted molar refractivity (Wildman–Crippen MR) is 123 cm³/mol. The van der Waals surface area contributed by atoms with Gasteiger partial charge in [-0.1, -0.05) is 36.0 Å². The maximum absolute atomic E-state index is 13.1. The van der Waals surface area contributed by atoms with Crippen molar-refractivity contribution in [3.63, 3.8) is 0 Å². The molecule has 0 spiro atoms. The number of carbonyl (C=O) groups excluding carboxylic acids is 1. The molecule has 8 heteroatoms. The van der Waals surface area contributed by atoms with Gasteiger partial charge in [-0.05, 0) is 48.6 Å². The van der Waals surface area contributed by atoms with Crippen molar-refractivity contribution in [2.24, 2.45) is 0 Å². The molecule has 0 atom stereocenters. The van der Waals surface area contributed by atoms with Gasteiger partial charge in [0, 0.05) is 34.6 Å². The van der Waals surface area contributed by atoms with Crippen molar-refractivity contribution in [3.8, 4) is 17.1 Å². The summed E-state index contributed by atoms with van der Waals surface area (Å²) < 4.78 is 2.00. The molecule has 156 valence electrons. The number of benzene rings is 1. The summed E-state index contributed by atoms with van der Waals surface area (Å²) in [5.41, 5.74) is 1.84. The predicted octanol–water partition coefficient (Wildman–Crippen LogP) is 4.67. The monoisotopic (exact) mass is 447 g/mol. The van der Waals surface area contributed by atoms with Crippen molar-refractivity contribution in [1.29, 1.82) is 0 Å². The van der Waals surface area contributed by atoms with E-state index in [-0.39, 0.29) is 5.91 Å². The Morgan fingerprint density at radius 3 is 2.68 bits per heavy atom. The Morgan fingerprint density at radius 2 is 1.97 bits per heavy atom. The molecular weight excluding hydrogens is 426 g/mol. The molecule has 0 aliphatic heterocycles. The number of pyridine rings is 1. The Labute approximate surface area is 189 Å². The van der Waals surface area contributed by atoms with Crippen LogP contribution in [0.1, 0.15) is 17.7 Å². The van der Waals surface area contributed by atoms with Gasteiger partial charge >= 0.3 is 0 Å². The standard InChI is InChI=1S/C23H21N5OS2/c29-21(27(18-10-11-18)15-20-9-5-13-30-20)16-31-23-26-25-22(17-6-4-12-24-14-17)28(23)19-7-2-1-3-8-19/h1-9,12-14,18H,10-11,15-16H2. The Kier molecular flexibility index (Phi) is 5.82. The van der Waals surface area contributed by atoms with Gasteiger partial charge in [-0.2, -0.15) is 0 Å². The van der Waals surface area contributed by atoms with Gasteiger partial charge in [0.05, 0.1) is 12.3 Å². The van der Waals surface area contributed by atoms with E-state index >= 15 is 0 Å². The fourth-order valence-electron chi connectivity index (χ4n) is 3.44. The van der Waals surface area contributed by atoms with Gasteiger partial charge in [-0.15, -0.1) is 21.5 Å². The topological polar surface area (TPSA) is 63.9 Å². The number of rotatable bonds is 8. The van der Waals surface area contributed by atoms with Crippen LogP contribution in [0.15, 0.2) is 77.5 Å². The van der Waals surface area contributed by atoms with Crippen molar-refractivity contribution in [1.82, 2.24) is 24.6 Å². The number of thioether (sulfide) groups is 1. The Balaban J connectivity index is 1.39. The van der Waals surface area contributed by atoms with Gasteiger partial charge in [-0.25, -0.2) is 0 Å². The van der Waals surface area contributed by atoms with E-state index < -0.39 is 0 Å². The van der Waals surface area contributed by atoms with Gasteiger partial charge < -0.3 is 4.90 Å². The zero-order valence-electron chi connectivity index (χ0n) is 16.8. The maximum atomic E-state index is 13.1. The molecule has 5 rings (SSSR count). The highest BCUT2D eigenvalue weighted by molar-refractivity contribution is 7.99. The third-order valence-electron chi connectivity index (χ3n) is 5.11. The highest BCUT2D eigenvalue weighted by atomic mass is 32.2. The van der Waals surface area contributed by atoms with Crippen LogP contribution in [-0.2, 0) is 11.3 Å². The zero-order valence-corrected chi connectivity index (χ0v) is 18.4. The molecular formula is C23H21N5OS2. The van der Waals surface area contributed by atoms with E-state index in [0.29, 0.717) is 29.3 Å². The molecule has 0 unspecified atom stereocenters. The normalized spacial score (nSPS) is 13.3. The molecule has 1 aromatic carbocycles. The average Bonchev–Trinajstić information content (AvgIpc) is 3.35. The lowest BCUT2D eigenvalue weighted by atomic mass is 10.2. The van der Waals surface area contributed by atoms with Crippen molar-refractivity contribution in [2.75, 3.05) is 5.75 Å². The third kappa shape index (κ3) is 4.55. The molecule has 31 heavy (non-hydrogen) atoms. The molecule has 1 aliphatic rings. The van der Waals surface area contributed by atoms with Crippen molar-refractivity contribution in [2.45, 2.75) is 30.6 Å². The van der Waals surface area contributed by atoms with Gasteiger partial charge in [-0.3, -0.25) is 14.3 Å². The van der Waals surface area contributed by atoms with E-state index in [1.807, 2.05) is 58.0 Å². The molecule has 0 bridgehead atoms. The molecule has 4 aromatic rings. The fourth-order valence-corrected chi connectivity index (χ4v) is 4.98. The quantitative estimate of drug-likeness (QED) is 0.367. The maximum Gasteiger partial charge on any atom is 0.233 e. The fraction of sp³-hybridized carbons (Fsp3) is 0.217. The van der Waals surface area contributed by atoms with Crippen LogP contribution < -0.4 is 0 Å². The molecule has 0 saturated heterocycles. The second-order valence-corrected chi connectivity index (χ2v) is 9.31. The number of carbonyl (C=O) groups is 1. The first-order valence-corrected chi connectivity index (χ1v) is 12.0. The van der Waals surface area contributed by atoms with Crippen LogP contribution in [0.4, 0.5) is 0 Å². The first-order valence-electron chi connectivity index (χ1n) is 10.2. The van der Waals surface area contributed by atoms with Crippen molar-refractivity contribution >= 4 is 29.0 Å². The van der Waals surface area contributed by atoms with Crippen LogP contribution >= 0.6 is 23.1 Å². The van der Waals surface area contributed by atoms with Gasteiger partial charge in [0.15, 0.2) is 11.0 Å². The second kappa shape index (κ2) is 9.03. The van der Waals surface area contributed by atoms with Crippen LogP contribution in [0.2, 0.25) is 0 Å². The largest absolute Gasteiger partial charge is 0.334 e. The Morgan fingerprint density at radius 1 is 1.10 bits per heavy atom. The Hall–Kier alpha value is -2.97. The van der Waals surface area contributed by atoms with Gasteiger partial charge in [0.2, 0.25) is 5.91 Å². The molecule has 0 radical (unpaired) electrons. The van der Waals surface area contributed by atoms with Gasteiger partial charge in [0.1, 0.15) is 0 Å². The number of aromatic nitrogens is 4. The van der Waals surface area contributed by atoms with Crippen LogP contribution in [0.25, 0.3) is 17.1 Å². The summed E-state index contributed by atoms with van der Waals surface area (Å²) in [5.74, 6) is 1.19. The average molecular weight is 448 g/mol. The molecule has 1 saturated carbocycles. The molecule has 1 aliphatic carbocycles. The van der Waals surface area contributed by atoms with Crippen molar-refractivity contribution in [3.05, 3.63) is 77.2 Å². The number of thiophene rings is 1. The van der Waals surface area contributed by atoms with Crippen LogP contribution in [0, 0.1) is 0 Å². The van der Waals surface area contributed by atoms with Crippen LogP contribution in [0.3, 0.4) is 0 Å². The summed E-state index contributed by atoms with van der Waals surface area (Å²) in [4.78, 5) is 20.5. The summed E-state index contributed by atoms with van der Waals surface area (Å²) in [6.45, 7) is 0.689. The van der Waals surface area contributed by atoms with Crippen molar-refractivity contribution < 1.29 is 4.79 Å². The van der Waals surface area contributed by atoms with E-state index in [1.165, 1.54) is 16.6 Å². The zero-order chi connectivity index (χ0) is 21.0. The van der Waals surface area contributed by atoms with E-state index in [9.17, 15) is 4.79 Å². The van der Waals surface area contributed by atoms with E-state index in [4.69, 9.17) is 0 Å². The smallest absolute Gasteiger partial charge is 0.233 e. The number of hydrogen-bond acceptors (Lipinski definition) is 6. The summed E-state index contributed by atoms with van der Waals surface area (Å²) in [6.07, 6.45) is 5.69. The number of nitrogens with zero attached hydrogens (tertiary/aromatic N) is 5. The summed E-state index contributed by atoms with van der Waals surface area (Å²) in [7, 11) is 0. The lowest BCUT2D eigenvalue weighted by molar-refractivity contribution is -0.129. The summed E-state index contributed by atoms with van der Waals surface area (Å²) in [5, 5.41) is 11.6. The minimum absolute atomic E-state index is 0.145. The first kappa shape index (κ1) is 20.0. The van der Waals surface area contributed by atoms with Crippen LogP contribution in [0.5, 0.6) is 0 Å². The minimum Gasteiger partial charge on any atom is -0.334 e. The highest BCUT2D eigenvalue weighted by Gasteiger charge is 2.33. The SMILES string of the molecule is O=C(CSc1nnc(-c2cccnc2)n1-c1ccccc1)N(Cc1cccs1)C1CC1. The van der Waals surface area contributed by atoms with E-state index in [0.717, 1.165) is 24.1 Å². The lowest BCUT2D eigenvalue weighted by Gasteiger charge is -2.21. The number of amides is 1. The summed E-state index contributed by atoms with van der Waals surface area (Å²) >= 11 is 3.13. The van der Waals surface area contributed by atoms with E-state index in [2.05, 4.69) is 26.6 Å². The molecule has 3 heterocycles. The third-order valence-corrected chi connectivity index (χ3v) is 6.88. The highest BCUT2D eigenvalue weighted by Crippen LogP contribution is 2.32. The number of hydrogen-bond donors (Lipinski definition) is 0. The second-order valence-electron chi connectivity index (χ2n) is 7.34. The molecule has 3 aromatic heterocycles. The van der Waals surface area contributed by atoms with Crippen LogP contribution in [-0.4, -0.2) is 42.4 Å². The molecule has 6 nitrogen and oxygen atoms in total. The van der Waals surface area contributed by atoms with E-state index in [1.54, 1.807) is 23.7 Å². The Bertz CT molecular complexity index is 1140. The minimum atomic E-state index is 0.145. The molecule has 1 amide bonds.